The molecule has 17 heavy (non-hydrogen) atoms. The van der Waals surface area contributed by atoms with Crippen molar-refractivity contribution in [2.24, 2.45) is 5.92 Å². The summed E-state index contributed by atoms with van der Waals surface area (Å²) < 4.78 is 0. The van der Waals surface area contributed by atoms with Crippen LogP contribution in [0.25, 0.3) is 0 Å². The average molecular weight is 236 g/mol. The highest BCUT2D eigenvalue weighted by atomic mass is 16.4. The first-order valence-corrected chi connectivity index (χ1v) is 6.11. The number of carbonyl (C=O) groups is 1. The number of rotatable bonds is 9. The maximum absolute atomic E-state index is 10.4. The van der Waals surface area contributed by atoms with E-state index in [1.807, 2.05) is 19.9 Å². The number of hydrogen-bond acceptors (Lipinski definition) is 1. The highest BCUT2D eigenvalue weighted by Gasteiger charge is 2.07. The molecule has 0 amide bonds. The molecular weight excluding hydrogens is 212 g/mol. The van der Waals surface area contributed by atoms with Crippen LogP contribution in [0.4, 0.5) is 0 Å². The van der Waals surface area contributed by atoms with Gasteiger partial charge in [-0.3, -0.25) is 4.79 Å². The van der Waals surface area contributed by atoms with Gasteiger partial charge in [-0.25, -0.2) is 0 Å². The Labute approximate surface area is 105 Å². The highest BCUT2D eigenvalue weighted by molar-refractivity contribution is 5.66. The van der Waals surface area contributed by atoms with Crippen LogP contribution in [-0.4, -0.2) is 11.1 Å². The molecule has 0 unspecified atom stereocenters. The molecule has 0 saturated carbocycles. The van der Waals surface area contributed by atoms with E-state index in [0.717, 1.165) is 24.8 Å². The van der Waals surface area contributed by atoms with E-state index in [1.54, 1.807) is 0 Å². The van der Waals surface area contributed by atoms with E-state index in [2.05, 4.69) is 19.2 Å². The monoisotopic (exact) mass is 236 g/mol. The predicted molar refractivity (Wildman–Crippen MR) is 73.0 cm³/mol. The Balaban J connectivity index is 4.16. The topological polar surface area (TPSA) is 37.3 Å². The first-order chi connectivity index (χ1) is 7.97. The molecule has 0 aromatic heterocycles. The smallest absolute Gasteiger partial charge is 0.303 e. The van der Waals surface area contributed by atoms with Crippen molar-refractivity contribution in [3.05, 3.63) is 36.5 Å². The molecule has 0 saturated heterocycles. The van der Waals surface area contributed by atoms with Gasteiger partial charge in [0.25, 0.3) is 0 Å². The Morgan fingerprint density at radius 3 is 2.47 bits per heavy atom. The largest absolute Gasteiger partial charge is 0.481 e. The van der Waals surface area contributed by atoms with Crippen molar-refractivity contribution >= 4 is 5.97 Å². The van der Waals surface area contributed by atoms with Crippen LogP contribution in [0, 0.1) is 5.92 Å². The molecule has 0 fully saturated rings. The van der Waals surface area contributed by atoms with Crippen molar-refractivity contribution in [2.75, 3.05) is 0 Å². The molecule has 0 radical (unpaired) electrons. The van der Waals surface area contributed by atoms with Gasteiger partial charge in [0.2, 0.25) is 0 Å². The molecule has 0 aromatic rings. The summed E-state index contributed by atoms with van der Waals surface area (Å²) in [6, 6.07) is 0. The highest BCUT2D eigenvalue weighted by Crippen LogP contribution is 2.21. The van der Waals surface area contributed by atoms with Crippen LogP contribution in [0.2, 0.25) is 0 Å². The third kappa shape index (κ3) is 8.49. The molecule has 0 heterocycles. The van der Waals surface area contributed by atoms with Gasteiger partial charge < -0.3 is 5.11 Å². The van der Waals surface area contributed by atoms with Crippen LogP contribution in [-0.2, 0) is 4.79 Å². The molecule has 0 aromatic carbocycles. The van der Waals surface area contributed by atoms with Gasteiger partial charge >= 0.3 is 5.97 Å². The molecule has 1 atom stereocenters. The van der Waals surface area contributed by atoms with Crippen molar-refractivity contribution in [3.8, 4) is 0 Å². The maximum atomic E-state index is 10.4. The molecular formula is C15H24O2. The van der Waals surface area contributed by atoms with Crippen molar-refractivity contribution in [1.82, 2.24) is 0 Å². The number of hydrogen-bond donors (Lipinski definition) is 1. The van der Waals surface area contributed by atoms with Crippen molar-refractivity contribution in [2.45, 2.75) is 46.0 Å². The molecule has 2 nitrogen and oxygen atoms in total. The Hall–Kier alpha value is -1.31. The summed E-state index contributed by atoms with van der Waals surface area (Å²) in [6.07, 6.45) is 7.95. The second-order valence-corrected chi connectivity index (χ2v) is 4.59. The average Bonchev–Trinajstić information content (AvgIpc) is 2.25. The van der Waals surface area contributed by atoms with Crippen LogP contribution in [0.3, 0.4) is 0 Å². The minimum Gasteiger partial charge on any atom is -0.481 e. The van der Waals surface area contributed by atoms with Crippen LogP contribution in [0.5, 0.6) is 0 Å². The summed E-state index contributed by atoms with van der Waals surface area (Å²) in [6.45, 7) is 11.8. The van der Waals surface area contributed by atoms with Gasteiger partial charge in [0.15, 0.2) is 0 Å². The number of allylic oxidation sites excluding steroid dienone is 4. The Morgan fingerprint density at radius 2 is 2.00 bits per heavy atom. The molecule has 0 bridgehead atoms. The first-order valence-electron chi connectivity index (χ1n) is 6.11. The SMILES string of the molecule is C=CCC[C@H](C/C=C(\C)CCC(=O)O)C(=C)C. The Kier molecular flexibility index (Phi) is 8.12. The number of carboxylic acids is 1. The van der Waals surface area contributed by atoms with Crippen molar-refractivity contribution in [1.29, 1.82) is 0 Å². The lowest BCUT2D eigenvalue weighted by molar-refractivity contribution is -0.136. The second kappa shape index (κ2) is 8.80. The number of aliphatic carboxylic acids is 1. The lowest BCUT2D eigenvalue weighted by atomic mass is 9.92. The summed E-state index contributed by atoms with van der Waals surface area (Å²) >= 11 is 0. The Morgan fingerprint density at radius 1 is 1.35 bits per heavy atom. The van der Waals surface area contributed by atoms with Gasteiger partial charge in [-0.2, -0.15) is 0 Å². The number of carboxylic acid groups (broad SMARTS) is 1. The van der Waals surface area contributed by atoms with Crippen LogP contribution in [0.15, 0.2) is 36.5 Å². The zero-order valence-electron chi connectivity index (χ0n) is 11.0. The minimum atomic E-state index is -0.735. The van der Waals surface area contributed by atoms with Gasteiger partial charge in [0, 0.05) is 6.42 Å². The minimum absolute atomic E-state index is 0.215. The van der Waals surface area contributed by atoms with E-state index in [0.29, 0.717) is 12.3 Å². The van der Waals surface area contributed by atoms with Gasteiger partial charge in [0.05, 0.1) is 0 Å². The molecule has 1 N–H and O–H groups in total. The zero-order chi connectivity index (χ0) is 13.3. The maximum Gasteiger partial charge on any atom is 0.303 e. The zero-order valence-corrected chi connectivity index (χ0v) is 11.0. The van der Waals surface area contributed by atoms with Gasteiger partial charge in [-0.1, -0.05) is 29.9 Å². The van der Waals surface area contributed by atoms with Crippen molar-refractivity contribution in [3.63, 3.8) is 0 Å². The van der Waals surface area contributed by atoms with Crippen molar-refractivity contribution < 1.29 is 9.90 Å². The molecule has 0 aliphatic heterocycles. The summed E-state index contributed by atoms with van der Waals surface area (Å²) in [5, 5.41) is 8.59. The fraction of sp³-hybridized carbons (Fsp3) is 0.533. The summed E-state index contributed by atoms with van der Waals surface area (Å²) in [7, 11) is 0. The summed E-state index contributed by atoms with van der Waals surface area (Å²) in [5.74, 6) is -0.256. The van der Waals surface area contributed by atoms with E-state index in [-0.39, 0.29) is 6.42 Å². The Bertz CT molecular complexity index is 300. The van der Waals surface area contributed by atoms with Gasteiger partial charge in [-0.05, 0) is 45.4 Å². The molecule has 2 heteroatoms. The quantitative estimate of drug-likeness (QED) is 0.604. The van der Waals surface area contributed by atoms with E-state index < -0.39 is 5.97 Å². The fourth-order valence-electron chi connectivity index (χ4n) is 1.63. The molecule has 0 aliphatic rings. The first kappa shape index (κ1) is 15.7. The summed E-state index contributed by atoms with van der Waals surface area (Å²) in [5.41, 5.74) is 2.34. The predicted octanol–water partition coefficient (Wildman–Crippen LogP) is 4.35. The van der Waals surface area contributed by atoms with Gasteiger partial charge in [0.1, 0.15) is 0 Å². The third-order valence-corrected chi connectivity index (χ3v) is 2.90. The van der Waals surface area contributed by atoms with E-state index in [9.17, 15) is 4.79 Å². The lowest BCUT2D eigenvalue weighted by Gasteiger charge is -2.14. The van der Waals surface area contributed by atoms with Crippen LogP contribution < -0.4 is 0 Å². The third-order valence-electron chi connectivity index (χ3n) is 2.90. The van der Waals surface area contributed by atoms with E-state index in [1.165, 1.54) is 5.57 Å². The summed E-state index contributed by atoms with van der Waals surface area (Å²) in [4.78, 5) is 10.4. The molecule has 96 valence electrons. The standard InChI is InChI=1S/C15H24O2/c1-5-6-7-14(12(2)3)10-8-13(4)9-11-15(16)17/h5,8,14H,1-2,6-7,9-11H2,3-4H3,(H,16,17)/b13-8+/t14-/m1/s1. The molecule has 0 rings (SSSR count). The van der Waals surface area contributed by atoms with Crippen LogP contribution in [0.1, 0.15) is 46.0 Å². The fourth-order valence-corrected chi connectivity index (χ4v) is 1.63. The lowest BCUT2D eigenvalue weighted by Crippen LogP contribution is -2.00. The second-order valence-electron chi connectivity index (χ2n) is 4.59. The normalized spacial score (nSPS) is 13.2. The molecule has 0 aliphatic carbocycles. The van der Waals surface area contributed by atoms with Crippen LogP contribution >= 0.6 is 0 Å². The van der Waals surface area contributed by atoms with E-state index in [4.69, 9.17) is 5.11 Å². The van der Waals surface area contributed by atoms with Gasteiger partial charge in [-0.15, -0.1) is 6.58 Å². The van der Waals surface area contributed by atoms with E-state index >= 15 is 0 Å². The molecule has 0 spiro atoms.